The fourth-order valence-corrected chi connectivity index (χ4v) is 4.14. The summed E-state index contributed by atoms with van der Waals surface area (Å²) in [7, 11) is 1.54. The molecular formula is C26H43N3O2. The highest BCUT2D eigenvalue weighted by molar-refractivity contribution is 5.77. The summed E-state index contributed by atoms with van der Waals surface area (Å²) in [6, 6.07) is 8.51. The Morgan fingerprint density at radius 2 is 1.61 bits per heavy atom. The number of benzene rings is 1. The highest BCUT2D eigenvalue weighted by Crippen LogP contribution is 2.19. The molecule has 0 saturated heterocycles. The van der Waals surface area contributed by atoms with Gasteiger partial charge in [-0.2, -0.15) is 0 Å². The molecule has 0 aliphatic rings. The number of amides is 1. The van der Waals surface area contributed by atoms with Gasteiger partial charge in [0.2, 0.25) is 5.91 Å². The van der Waals surface area contributed by atoms with E-state index in [-0.39, 0.29) is 12.5 Å². The van der Waals surface area contributed by atoms with Crippen LogP contribution in [0.15, 0.2) is 24.3 Å². The Labute approximate surface area is 189 Å². The monoisotopic (exact) mass is 429 g/mol. The smallest absolute Gasteiger partial charge is 0.245 e. The number of para-hydroxylation sites is 2. The van der Waals surface area contributed by atoms with Crippen LogP contribution in [0.25, 0.3) is 11.0 Å². The third-order valence-electron chi connectivity index (χ3n) is 5.89. The molecule has 5 heteroatoms. The topological polar surface area (TPSA) is 56.2 Å². The van der Waals surface area contributed by atoms with E-state index < -0.39 is 0 Å². The number of fused-ring (bicyclic) bond motifs is 1. The number of nitrogens with one attached hydrogen (secondary N) is 1. The van der Waals surface area contributed by atoms with Gasteiger partial charge in [0.1, 0.15) is 12.4 Å². The maximum atomic E-state index is 11.4. The quantitative estimate of drug-likeness (QED) is 0.294. The van der Waals surface area contributed by atoms with Gasteiger partial charge in [-0.05, 0) is 31.4 Å². The summed E-state index contributed by atoms with van der Waals surface area (Å²) in [4.78, 5) is 16.3. The van der Waals surface area contributed by atoms with Gasteiger partial charge in [0.15, 0.2) is 0 Å². The van der Waals surface area contributed by atoms with Crippen LogP contribution in [-0.2, 0) is 22.5 Å². The van der Waals surface area contributed by atoms with Crippen molar-refractivity contribution in [1.29, 1.82) is 0 Å². The van der Waals surface area contributed by atoms with E-state index in [1.165, 1.54) is 69.1 Å². The van der Waals surface area contributed by atoms with Gasteiger partial charge in [-0.1, -0.05) is 76.8 Å². The molecule has 174 valence electrons. The highest BCUT2D eigenvalue weighted by Gasteiger charge is 2.10. The molecule has 1 aromatic heterocycles. The molecule has 0 aliphatic carbocycles. The number of rotatable bonds is 18. The Balaban J connectivity index is 1.72. The summed E-state index contributed by atoms with van der Waals surface area (Å²) in [6.07, 6.45) is 16.4. The first kappa shape index (κ1) is 25.4. The van der Waals surface area contributed by atoms with Gasteiger partial charge >= 0.3 is 0 Å². The third-order valence-corrected chi connectivity index (χ3v) is 5.89. The normalized spacial score (nSPS) is 11.3. The van der Waals surface area contributed by atoms with Crippen molar-refractivity contribution >= 4 is 16.9 Å². The summed E-state index contributed by atoms with van der Waals surface area (Å²) >= 11 is 0. The van der Waals surface area contributed by atoms with Crippen LogP contribution in [0.2, 0.25) is 0 Å². The Kier molecular flexibility index (Phi) is 13.0. The predicted molar refractivity (Wildman–Crippen MR) is 129 cm³/mol. The van der Waals surface area contributed by atoms with Crippen LogP contribution in [0.1, 0.15) is 89.8 Å². The van der Waals surface area contributed by atoms with E-state index in [4.69, 9.17) is 9.72 Å². The minimum atomic E-state index is -0.0368. The van der Waals surface area contributed by atoms with E-state index in [9.17, 15) is 4.79 Å². The summed E-state index contributed by atoms with van der Waals surface area (Å²) in [5.41, 5.74) is 2.38. The molecular weight excluding hydrogens is 386 g/mol. The Morgan fingerprint density at radius 1 is 0.935 bits per heavy atom. The molecule has 0 spiro atoms. The lowest BCUT2D eigenvalue weighted by molar-refractivity contribution is -0.124. The molecule has 0 aliphatic heterocycles. The van der Waals surface area contributed by atoms with Gasteiger partial charge in [-0.3, -0.25) is 4.79 Å². The lowest BCUT2D eigenvalue weighted by Crippen LogP contribution is -2.27. The molecule has 0 saturated carbocycles. The first-order chi connectivity index (χ1) is 15.3. The number of carbonyl (C=O) groups excluding carboxylic acids is 1. The van der Waals surface area contributed by atoms with Crippen molar-refractivity contribution in [3.63, 3.8) is 0 Å². The average molecular weight is 430 g/mol. The Hall–Kier alpha value is -1.88. The van der Waals surface area contributed by atoms with E-state index in [1.807, 2.05) is 0 Å². The second kappa shape index (κ2) is 15.9. The number of ether oxygens (including phenoxy) is 1. The van der Waals surface area contributed by atoms with Gasteiger partial charge in [0.05, 0.1) is 11.0 Å². The van der Waals surface area contributed by atoms with E-state index in [2.05, 4.69) is 41.1 Å². The summed E-state index contributed by atoms with van der Waals surface area (Å²) < 4.78 is 7.27. The van der Waals surface area contributed by atoms with Crippen LogP contribution >= 0.6 is 0 Å². The summed E-state index contributed by atoms with van der Waals surface area (Å²) in [5.74, 6) is 1.18. The molecule has 1 N–H and O–H groups in total. The van der Waals surface area contributed by atoms with Crippen molar-refractivity contribution in [1.82, 2.24) is 14.9 Å². The fraction of sp³-hybridized carbons (Fsp3) is 0.692. The molecule has 2 rings (SSSR count). The number of nitrogens with zero attached hydrogens (tertiary/aromatic N) is 2. The molecule has 2 aromatic rings. The largest absolute Gasteiger partial charge is 0.375 e. The molecule has 1 amide bonds. The molecule has 0 unspecified atom stereocenters. The van der Waals surface area contributed by atoms with Gasteiger partial charge in [0.25, 0.3) is 0 Å². The van der Waals surface area contributed by atoms with Crippen molar-refractivity contribution in [2.24, 2.45) is 0 Å². The van der Waals surface area contributed by atoms with Gasteiger partial charge in [0, 0.05) is 26.6 Å². The molecule has 0 fully saturated rings. The van der Waals surface area contributed by atoms with E-state index in [1.54, 1.807) is 7.11 Å². The zero-order valence-electron chi connectivity index (χ0n) is 19.8. The van der Waals surface area contributed by atoms with Gasteiger partial charge in [-0.15, -0.1) is 0 Å². The lowest BCUT2D eigenvalue weighted by atomic mass is 10.1. The summed E-state index contributed by atoms with van der Waals surface area (Å²) in [5, 5.41) is 2.89. The highest BCUT2D eigenvalue weighted by atomic mass is 16.5. The zero-order chi connectivity index (χ0) is 22.2. The molecule has 0 radical (unpaired) electrons. The first-order valence-corrected chi connectivity index (χ1v) is 12.5. The molecule has 31 heavy (non-hydrogen) atoms. The second-order valence-corrected chi connectivity index (χ2v) is 8.59. The first-order valence-electron chi connectivity index (χ1n) is 12.5. The average Bonchev–Trinajstić information content (AvgIpc) is 3.12. The number of imidazole rings is 1. The summed E-state index contributed by atoms with van der Waals surface area (Å²) in [6.45, 7) is 4.20. The lowest BCUT2D eigenvalue weighted by Gasteiger charge is -2.10. The van der Waals surface area contributed by atoms with Crippen LogP contribution in [0.3, 0.4) is 0 Å². The van der Waals surface area contributed by atoms with Crippen LogP contribution in [0, 0.1) is 0 Å². The maximum Gasteiger partial charge on any atom is 0.245 e. The fourth-order valence-electron chi connectivity index (χ4n) is 4.14. The van der Waals surface area contributed by atoms with Crippen molar-refractivity contribution in [2.45, 2.75) is 96.9 Å². The van der Waals surface area contributed by atoms with Crippen LogP contribution < -0.4 is 5.32 Å². The minimum Gasteiger partial charge on any atom is -0.375 e. The SMILES string of the molecule is CCCCCCCCCCCn1c(CCCCCNC(=O)COC)nc2ccccc21. The van der Waals surface area contributed by atoms with E-state index in [0.29, 0.717) is 0 Å². The van der Waals surface area contributed by atoms with Crippen LogP contribution in [0.5, 0.6) is 0 Å². The van der Waals surface area contributed by atoms with E-state index in [0.717, 1.165) is 44.3 Å². The second-order valence-electron chi connectivity index (χ2n) is 8.59. The van der Waals surface area contributed by atoms with E-state index >= 15 is 0 Å². The van der Waals surface area contributed by atoms with Crippen molar-refractivity contribution in [2.75, 3.05) is 20.3 Å². The molecule has 0 atom stereocenters. The third kappa shape index (κ3) is 9.86. The Bertz CT molecular complexity index is 741. The van der Waals surface area contributed by atoms with Gasteiger partial charge < -0.3 is 14.6 Å². The molecule has 1 aromatic carbocycles. The zero-order valence-corrected chi connectivity index (χ0v) is 19.8. The molecule has 1 heterocycles. The standard InChI is InChI=1S/C26H43N3O2/c1-3-4-5-6-7-8-9-10-16-21-29-24-18-14-13-17-23(24)28-25(29)19-12-11-15-20-27-26(30)22-31-2/h13-14,17-18H,3-12,15-16,19-22H2,1-2H3,(H,27,30). The number of aryl methyl sites for hydroxylation is 2. The molecule has 5 nitrogen and oxygen atoms in total. The number of methoxy groups -OCH3 is 1. The van der Waals surface area contributed by atoms with Crippen LogP contribution in [0.4, 0.5) is 0 Å². The maximum absolute atomic E-state index is 11.4. The van der Waals surface area contributed by atoms with Crippen molar-refractivity contribution < 1.29 is 9.53 Å². The number of carbonyl (C=O) groups is 1. The number of unbranched alkanes of at least 4 members (excludes halogenated alkanes) is 10. The minimum absolute atomic E-state index is 0.0368. The Morgan fingerprint density at radius 3 is 2.35 bits per heavy atom. The van der Waals surface area contributed by atoms with Gasteiger partial charge in [-0.25, -0.2) is 4.98 Å². The van der Waals surface area contributed by atoms with Crippen molar-refractivity contribution in [3.05, 3.63) is 30.1 Å². The number of hydrogen-bond donors (Lipinski definition) is 1. The number of hydrogen-bond acceptors (Lipinski definition) is 3. The van der Waals surface area contributed by atoms with Crippen molar-refractivity contribution in [3.8, 4) is 0 Å². The molecule has 0 bridgehead atoms. The van der Waals surface area contributed by atoms with Crippen LogP contribution in [-0.4, -0.2) is 35.7 Å². The predicted octanol–water partition coefficient (Wildman–Crippen LogP) is 6.04. The number of aromatic nitrogens is 2.